The minimum Gasteiger partial charge on any atom is -0.493 e. The standard InChI is InChI=1S/C16H17BrO3S/c1-19-14-8-12(13(17)9-15(14)20-2)16(18)10-4-6-11(21-3)7-5-10/h4-9,16,18H,1-3H3. The number of rotatable bonds is 5. The molecule has 0 fully saturated rings. The van der Waals surface area contributed by atoms with Crippen LogP contribution in [0.15, 0.2) is 45.8 Å². The van der Waals surface area contributed by atoms with Gasteiger partial charge in [-0.2, -0.15) is 0 Å². The molecule has 112 valence electrons. The van der Waals surface area contributed by atoms with Crippen molar-refractivity contribution in [3.8, 4) is 11.5 Å². The number of hydrogen-bond acceptors (Lipinski definition) is 4. The molecule has 0 amide bonds. The van der Waals surface area contributed by atoms with Gasteiger partial charge in [0.1, 0.15) is 6.10 Å². The van der Waals surface area contributed by atoms with Crippen molar-refractivity contribution < 1.29 is 14.6 Å². The van der Waals surface area contributed by atoms with Crippen LogP contribution in [0.3, 0.4) is 0 Å². The maximum atomic E-state index is 10.6. The first kappa shape index (κ1) is 16.2. The number of thioether (sulfide) groups is 1. The SMILES string of the molecule is COc1cc(Br)c(C(O)c2ccc(SC)cc2)cc1OC. The maximum Gasteiger partial charge on any atom is 0.161 e. The number of aliphatic hydroxyl groups excluding tert-OH is 1. The summed E-state index contributed by atoms with van der Waals surface area (Å²) in [5.41, 5.74) is 1.57. The lowest BCUT2D eigenvalue weighted by Gasteiger charge is -2.17. The van der Waals surface area contributed by atoms with Crippen LogP contribution in [0.4, 0.5) is 0 Å². The van der Waals surface area contributed by atoms with Gasteiger partial charge in [-0.15, -0.1) is 11.8 Å². The normalized spacial score (nSPS) is 12.0. The molecule has 5 heteroatoms. The van der Waals surface area contributed by atoms with Gasteiger partial charge in [-0.05, 0) is 36.1 Å². The van der Waals surface area contributed by atoms with Crippen LogP contribution in [0.5, 0.6) is 11.5 Å². The first-order valence-electron chi connectivity index (χ1n) is 6.34. The van der Waals surface area contributed by atoms with E-state index in [0.717, 1.165) is 20.5 Å². The van der Waals surface area contributed by atoms with Gasteiger partial charge in [-0.3, -0.25) is 0 Å². The maximum absolute atomic E-state index is 10.6. The molecule has 0 saturated carbocycles. The summed E-state index contributed by atoms with van der Waals surface area (Å²) in [6, 6.07) is 11.4. The largest absolute Gasteiger partial charge is 0.493 e. The molecule has 2 rings (SSSR count). The molecule has 0 bridgehead atoms. The van der Waals surface area contributed by atoms with Crippen molar-refractivity contribution in [2.45, 2.75) is 11.0 Å². The van der Waals surface area contributed by atoms with Crippen molar-refractivity contribution in [3.05, 3.63) is 52.0 Å². The fourth-order valence-electron chi connectivity index (χ4n) is 2.05. The van der Waals surface area contributed by atoms with E-state index in [-0.39, 0.29) is 0 Å². The Morgan fingerprint density at radius 1 is 1.05 bits per heavy atom. The molecule has 0 aliphatic rings. The van der Waals surface area contributed by atoms with Crippen LogP contribution in [-0.4, -0.2) is 25.6 Å². The van der Waals surface area contributed by atoms with Gasteiger partial charge in [0.05, 0.1) is 14.2 Å². The lowest BCUT2D eigenvalue weighted by atomic mass is 10.0. The molecule has 1 atom stereocenters. The number of ether oxygens (including phenoxy) is 2. The summed E-state index contributed by atoms with van der Waals surface area (Å²) in [7, 11) is 3.16. The van der Waals surface area contributed by atoms with Gasteiger partial charge in [-0.1, -0.05) is 28.1 Å². The first-order valence-corrected chi connectivity index (χ1v) is 8.36. The van der Waals surface area contributed by atoms with Crippen LogP contribution in [0.2, 0.25) is 0 Å². The van der Waals surface area contributed by atoms with Crippen molar-refractivity contribution in [2.75, 3.05) is 20.5 Å². The van der Waals surface area contributed by atoms with E-state index in [1.807, 2.05) is 30.5 Å². The van der Waals surface area contributed by atoms with E-state index in [0.29, 0.717) is 11.5 Å². The Labute approximate surface area is 137 Å². The fraction of sp³-hybridized carbons (Fsp3) is 0.250. The topological polar surface area (TPSA) is 38.7 Å². The molecular weight excluding hydrogens is 352 g/mol. The van der Waals surface area contributed by atoms with Gasteiger partial charge < -0.3 is 14.6 Å². The Hall–Kier alpha value is -1.17. The molecule has 0 saturated heterocycles. The summed E-state index contributed by atoms with van der Waals surface area (Å²) in [6.07, 6.45) is 1.30. The molecule has 2 aromatic carbocycles. The minimum atomic E-state index is -0.727. The van der Waals surface area contributed by atoms with Crippen molar-refractivity contribution in [1.82, 2.24) is 0 Å². The number of benzene rings is 2. The zero-order valence-corrected chi connectivity index (χ0v) is 14.5. The highest BCUT2D eigenvalue weighted by Gasteiger charge is 2.17. The second-order valence-corrected chi connectivity index (χ2v) is 6.14. The Kier molecular flexibility index (Phi) is 5.56. The lowest BCUT2D eigenvalue weighted by molar-refractivity contribution is 0.218. The summed E-state index contributed by atoms with van der Waals surface area (Å²) >= 11 is 5.15. The molecule has 3 nitrogen and oxygen atoms in total. The molecule has 2 aromatic rings. The van der Waals surface area contributed by atoms with E-state index < -0.39 is 6.10 Å². The van der Waals surface area contributed by atoms with Crippen LogP contribution in [-0.2, 0) is 0 Å². The second kappa shape index (κ2) is 7.20. The summed E-state index contributed by atoms with van der Waals surface area (Å²) in [6.45, 7) is 0. The molecule has 0 spiro atoms. The van der Waals surface area contributed by atoms with Crippen molar-refractivity contribution in [2.24, 2.45) is 0 Å². The molecule has 1 N–H and O–H groups in total. The average molecular weight is 369 g/mol. The molecule has 0 aliphatic carbocycles. The summed E-state index contributed by atoms with van der Waals surface area (Å²) in [5.74, 6) is 1.22. The Morgan fingerprint density at radius 3 is 2.14 bits per heavy atom. The summed E-state index contributed by atoms with van der Waals surface area (Å²) < 4.78 is 11.3. The Bertz CT molecular complexity index is 614. The van der Waals surface area contributed by atoms with Gasteiger partial charge in [0.15, 0.2) is 11.5 Å². The van der Waals surface area contributed by atoms with E-state index in [2.05, 4.69) is 15.9 Å². The van der Waals surface area contributed by atoms with Gasteiger partial charge in [0, 0.05) is 14.9 Å². The zero-order valence-electron chi connectivity index (χ0n) is 12.1. The number of methoxy groups -OCH3 is 2. The monoisotopic (exact) mass is 368 g/mol. The van der Waals surface area contributed by atoms with E-state index in [1.54, 1.807) is 38.1 Å². The van der Waals surface area contributed by atoms with Gasteiger partial charge in [-0.25, -0.2) is 0 Å². The van der Waals surface area contributed by atoms with Crippen molar-refractivity contribution in [3.63, 3.8) is 0 Å². The molecule has 0 heterocycles. The number of aliphatic hydroxyl groups is 1. The molecule has 1 unspecified atom stereocenters. The summed E-state index contributed by atoms with van der Waals surface area (Å²) in [5, 5.41) is 10.6. The molecular formula is C16H17BrO3S. The van der Waals surface area contributed by atoms with Crippen molar-refractivity contribution in [1.29, 1.82) is 0 Å². The third-order valence-corrected chi connectivity index (χ3v) is 4.66. The molecule has 0 radical (unpaired) electrons. The van der Waals surface area contributed by atoms with Gasteiger partial charge >= 0.3 is 0 Å². The first-order chi connectivity index (χ1) is 10.1. The van der Waals surface area contributed by atoms with E-state index >= 15 is 0 Å². The predicted molar refractivity (Wildman–Crippen MR) is 89.5 cm³/mol. The Balaban J connectivity index is 2.39. The fourth-order valence-corrected chi connectivity index (χ4v) is 2.99. The van der Waals surface area contributed by atoms with Crippen LogP contribution in [0, 0.1) is 0 Å². The molecule has 0 aliphatic heterocycles. The van der Waals surface area contributed by atoms with Crippen LogP contribution < -0.4 is 9.47 Å². The number of hydrogen-bond donors (Lipinski definition) is 1. The third kappa shape index (κ3) is 3.54. The van der Waals surface area contributed by atoms with Gasteiger partial charge in [0.25, 0.3) is 0 Å². The van der Waals surface area contributed by atoms with Crippen LogP contribution >= 0.6 is 27.7 Å². The number of halogens is 1. The minimum absolute atomic E-state index is 0.593. The zero-order chi connectivity index (χ0) is 15.4. The predicted octanol–water partition coefficient (Wildman–Crippen LogP) is 4.27. The molecule has 21 heavy (non-hydrogen) atoms. The highest BCUT2D eigenvalue weighted by atomic mass is 79.9. The lowest BCUT2D eigenvalue weighted by Crippen LogP contribution is -2.02. The van der Waals surface area contributed by atoms with Gasteiger partial charge in [0.2, 0.25) is 0 Å². The summed E-state index contributed by atoms with van der Waals surface area (Å²) in [4.78, 5) is 1.16. The highest BCUT2D eigenvalue weighted by Crippen LogP contribution is 2.38. The Morgan fingerprint density at radius 2 is 1.62 bits per heavy atom. The highest BCUT2D eigenvalue weighted by molar-refractivity contribution is 9.10. The van der Waals surface area contributed by atoms with Crippen LogP contribution in [0.25, 0.3) is 0 Å². The van der Waals surface area contributed by atoms with E-state index in [1.165, 1.54) is 0 Å². The van der Waals surface area contributed by atoms with Crippen molar-refractivity contribution >= 4 is 27.7 Å². The third-order valence-electron chi connectivity index (χ3n) is 3.23. The quantitative estimate of drug-likeness (QED) is 0.799. The average Bonchev–Trinajstić information content (AvgIpc) is 2.54. The van der Waals surface area contributed by atoms with Crippen LogP contribution in [0.1, 0.15) is 17.2 Å². The van der Waals surface area contributed by atoms with E-state index in [4.69, 9.17) is 9.47 Å². The van der Waals surface area contributed by atoms with E-state index in [9.17, 15) is 5.11 Å². The molecule has 0 aromatic heterocycles. The smallest absolute Gasteiger partial charge is 0.161 e. The second-order valence-electron chi connectivity index (χ2n) is 4.40.